The van der Waals surface area contributed by atoms with E-state index in [9.17, 15) is 4.39 Å². The summed E-state index contributed by atoms with van der Waals surface area (Å²) in [5.41, 5.74) is 7.98. The second kappa shape index (κ2) is 4.74. The first-order valence-corrected chi connectivity index (χ1v) is 6.67. The van der Waals surface area contributed by atoms with Crippen molar-refractivity contribution in [3.05, 3.63) is 52.3 Å². The van der Waals surface area contributed by atoms with Crippen molar-refractivity contribution in [1.29, 1.82) is 0 Å². The molecule has 19 heavy (non-hydrogen) atoms. The SMILES string of the molecule is Nc1cc(F)c(Br)cc1NC1COc2ccccc21. The van der Waals surface area contributed by atoms with Crippen LogP contribution < -0.4 is 15.8 Å². The van der Waals surface area contributed by atoms with Gasteiger partial charge in [-0.15, -0.1) is 0 Å². The summed E-state index contributed by atoms with van der Waals surface area (Å²) in [7, 11) is 0. The zero-order valence-corrected chi connectivity index (χ0v) is 11.6. The molecule has 0 bridgehead atoms. The van der Waals surface area contributed by atoms with Gasteiger partial charge in [0.25, 0.3) is 0 Å². The topological polar surface area (TPSA) is 47.3 Å². The van der Waals surface area contributed by atoms with Crippen molar-refractivity contribution in [1.82, 2.24) is 0 Å². The molecule has 1 heterocycles. The largest absolute Gasteiger partial charge is 0.491 e. The Labute approximate surface area is 118 Å². The van der Waals surface area contributed by atoms with Gasteiger partial charge in [0.2, 0.25) is 0 Å². The molecule has 0 aliphatic carbocycles. The van der Waals surface area contributed by atoms with Crippen LogP contribution in [0.1, 0.15) is 11.6 Å². The number of hydrogen-bond donors (Lipinski definition) is 2. The predicted octanol–water partition coefficient (Wildman–Crippen LogP) is 3.72. The molecule has 2 aromatic rings. The minimum absolute atomic E-state index is 0.0239. The molecule has 0 spiro atoms. The first-order chi connectivity index (χ1) is 9.15. The molecule has 2 aromatic carbocycles. The Hall–Kier alpha value is -1.75. The Morgan fingerprint density at radius 3 is 2.95 bits per heavy atom. The highest BCUT2D eigenvalue weighted by atomic mass is 79.9. The molecule has 3 N–H and O–H groups in total. The molecule has 0 fully saturated rings. The molecule has 3 rings (SSSR count). The molecule has 5 heteroatoms. The van der Waals surface area contributed by atoms with Crippen molar-refractivity contribution >= 4 is 27.3 Å². The van der Waals surface area contributed by atoms with Crippen LogP contribution in [-0.4, -0.2) is 6.61 Å². The van der Waals surface area contributed by atoms with E-state index in [0.717, 1.165) is 11.3 Å². The number of fused-ring (bicyclic) bond motifs is 1. The monoisotopic (exact) mass is 322 g/mol. The number of rotatable bonds is 2. The highest BCUT2D eigenvalue weighted by Gasteiger charge is 2.24. The van der Waals surface area contributed by atoms with Gasteiger partial charge in [-0.25, -0.2) is 4.39 Å². The summed E-state index contributed by atoms with van der Waals surface area (Å²) in [6.07, 6.45) is 0. The van der Waals surface area contributed by atoms with E-state index in [0.29, 0.717) is 22.5 Å². The first kappa shape index (κ1) is 12.3. The number of benzene rings is 2. The van der Waals surface area contributed by atoms with Crippen LogP contribution in [0.25, 0.3) is 0 Å². The van der Waals surface area contributed by atoms with E-state index in [-0.39, 0.29) is 11.9 Å². The Kier molecular flexibility index (Phi) is 3.06. The van der Waals surface area contributed by atoms with E-state index in [1.165, 1.54) is 6.07 Å². The summed E-state index contributed by atoms with van der Waals surface area (Å²) in [5.74, 6) is 0.505. The summed E-state index contributed by atoms with van der Waals surface area (Å²) in [4.78, 5) is 0. The highest BCUT2D eigenvalue weighted by Crippen LogP contribution is 2.36. The number of para-hydroxylation sites is 1. The average molecular weight is 323 g/mol. The lowest BCUT2D eigenvalue weighted by Crippen LogP contribution is -2.13. The summed E-state index contributed by atoms with van der Waals surface area (Å²) < 4.78 is 19.3. The third-order valence-electron chi connectivity index (χ3n) is 3.12. The maximum Gasteiger partial charge on any atom is 0.139 e. The second-order valence-electron chi connectivity index (χ2n) is 4.40. The lowest BCUT2D eigenvalue weighted by Gasteiger charge is -2.15. The molecule has 0 radical (unpaired) electrons. The van der Waals surface area contributed by atoms with Crippen molar-refractivity contribution in [3.63, 3.8) is 0 Å². The van der Waals surface area contributed by atoms with Gasteiger partial charge >= 0.3 is 0 Å². The fourth-order valence-corrected chi connectivity index (χ4v) is 2.50. The molecule has 98 valence electrons. The summed E-state index contributed by atoms with van der Waals surface area (Å²) in [6, 6.07) is 10.8. The van der Waals surface area contributed by atoms with Gasteiger partial charge in [-0.05, 0) is 28.1 Å². The van der Waals surface area contributed by atoms with E-state index in [2.05, 4.69) is 21.2 Å². The second-order valence-corrected chi connectivity index (χ2v) is 5.25. The quantitative estimate of drug-likeness (QED) is 0.828. The van der Waals surface area contributed by atoms with Gasteiger partial charge in [-0.3, -0.25) is 0 Å². The fraction of sp³-hybridized carbons (Fsp3) is 0.143. The van der Waals surface area contributed by atoms with Gasteiger partial charge in [0, 0.05) is 11.6 Å². The van der Waals surface area contributed by atoms with Crippen LogP contribution in [-0.2, 0) is 0 Å². The van der Waals surface area contributed by atoms with E-state index in [1.54, 1.807) is 6.07 Å². The standard InChI is InChI=1S/C14H12BrFN2O/c15-9-5-12(11(17)6-10(9)16)18-13-7-19-14-4-2-1-3-8(13)14/h1-6,13,18H,7,17H2. The Morgan fingerprint density at radius 2 is 2.11 bits per heavy atom. The van der Waals surface area contributed by atoms with Crippen molar-refractivity contribution in [3.8, 4) is 5.75 Å². The molecule has 0 saturated carbocycles. The predicted molar refractivity (Wildman–Crippen MR) is 76.8 cm³/mol. The Balaban J connectivity index is 1.89. The zero-order chi connectivity index (χ0) is 13.4. The molecule has 3 nitrogen and oxygen atoms in total. The van der Waals surface area contributed by atoms with Gasteiger partial charge in [-0.1, -0.05) is 18.2 Å². The number of halogens is 2. The van der Waals surface area contributed by atoms with Crippen molar-refractivity contribution in [2.24, 2.45) is 0 Å². The summed E-state index contributed by atoms with van der Waals surface area (Å²) in [5, 5.41) is 3.29. The van der Waals surface area contributed by atoms with Gasteiger partial charge < -0.3 is 15.8 Å². The van der Waals surface area contributed by atoms with E-state index >= 15 is 0 Å². The van der Waals surface area contributed by atoms with Crippen LogP contribution in [0.3, 0.4) is 0 Å². The normalized spacial score (nSPS) is 16.8. The number of ether oxygens (including phenoxy) is 1. The third kappa shape index (κ3) is 2.26. The van der Waals surface area contributed by atoms with Gasteiger partial charge in [0.05, 0.1) is 21.9 Å². The molecule has 0 amide bonds. The van der Waals surface area contributed by atoms with Gasteiger partial charge in [-0.2, -0.15) is 0 Å². The van der Waals surface area contributed by atoms with Gasteiger partial charge in [0.1, 0.15) is 18.2 Å². The summed E-state index contributed by atoms with van der Waals surface area (Å²) >= 11 is 3.16. The number of nitrogen functional groups attached to an aromatic ring is 1. The fourth-order valence-electron chi connectivity index (χ4n) is 2.16. The van der Waals surface area contributed by atoms with Gasteiger partial charge in [0.15, 0.2) is 0 Å². The first-order valence-electron chi connectivity index (χ1n) is 5.88. The molecule has 1 aliphatic heterocycles. The average Bonchev–Trinajstić information content (AvgIpc) is 2.80. The maximum absolute atomic E-state index is 13.3. The summed E-state index contributed by atoms with van der Waals surface area (Å²) in [6.45, 7) is 0.535. The molecule has 1 atom stereocenters. The molecule has 1 unspecified atom stereocenters. The van der Waals surface area contributed by atoms with Crippen molar-refractivity contribution in [2.45, 2.75) is 6.04 Å². The minimum Gasteiger partial charge on any atom is -0.491 e. The van der Waals surface area contributed by atoms with Crippen LogP contribution in [0.15, 0.2) is 40.9 Å². The highest BCUT2D eigenvalue weighted by molar-refractivity contribution is 9.10. The molecule has 0 aromatic heterocycles. The van der Waals surface area contributed by atoms with E-state index in [1.807, 2.05) is 24.3 Å². The maximum atomic E-state index is 13.3. The van der Waals surface area contributed by atoms with E-state index < -0.39 is 0 Å². The van der Waals surface area contributed by atoms with Crippen LogP contribution in [0.5, 0.6) is 5.75 Å². The molecular formula is C14H12BrFN2O. The third-order valence-corrected chi connectivity index (χ3v) is 3.73. The van der Waals surface area contributed by atoms with E-state index in [4.69, 9.17) is 10.5 Å². The lowest BCUT2D eigenvalue weighted by molar-refractivity contribution is 0.340. The van der Waals surface area contributed by atoms with Crippen molar-refractivity contribution < 1.29 is 9.13 Å². The molecule has 0 saturated heterocycles. The lowest BCUT2D eigenvalue weighted by atomic mass is 10.1. The minimum atomic E-state index is -0.369. The number of anilines is 2. The number of nitrogens with one attached hydrogen (secondary N) is 1. The Bertz CT molecular complexity index is 633. The molecular weight excluding hydrogens is 311 g/mol. The zero-order valence-electron chi connectivity index (χ0n) is 9.99. The molecule has 1 aliphatic rings. The van der Waals surface area contributed by atoms with Crippen LogP contribution in [0, 0.1) is 5.82 Å². The van der Waals surface area contributed by atoms with Crippen LogP contribution >= 0.6 is 15.9 Å². The number of nitrogens with two attached hydrogens (primary N) is 1. The van der Waals surface area contributed by atoms with Crippen LogP contribution in [0.2, 0.25) is 0 Å². The smallest absolute Gasteiger partial charge is 0.139 e. The van der Waals surface area contributed by atoms with Crippen LogP contribution in [0.4, 0.5) is 15.8 Å². The van der Waals surface area contributed by atoms with Crippen molar-refractivity contribution in [2.75, 3.05) is 17.7 Å². The number of hydrogen-bond acceptors (Lipinski definition) is 3. The Morgan fingerprint density at radius 1 is 1.32 bits per heavy atom.